The number of hydrogen-bond donors (Lipinski definition) is 0. The highest BCUT2D eigenvalue weighted by Crippen LogP contribution is 2.35. The van der Waals surface area contributed by atoms with Gasteiger partial charge in [0.2, 0.25) is 0 Å². The van der Waals surface area contributed by atoms with E-state index in [2.05, 4.69) is 53.0 Å². The molecule has 0 unspecified atom stereocenters. The first-order valence-corrected chi connectivity index (χ1v) is 16.2. The quantitative estimate of drug-likeness (QED) is 0.143. The van der Waals surface area contributed by atoms with Gasteiger partial charge in [0.25, 0.3) is 0 Å². The molecule has 6 rings (SSSR count). The second-order valence-corrected chi connectivity index (χ2v) is 11.0. The summed E-state index contributed by atoms with van der Waals surface area (Å²) in [4.78, 5) is 16.6. The van der Waals surface area contributed by atoms with Crippen LogP contribution < -0.4 is 9.80 Å². The topological polar surface area (TPSA) is 62.0 Å². The summed E-state index contributed by atoms with van der Waals surface area (Å²) < 4.78 is 21.2. The molecule has 0 N–H and O–H groups in total. The van der Waals surface area contributed by atoms with E-state index in [9.17, 15) is 4.39 Å². The Morgan fingerprint density at radius 3 is 2.71 bits per heavy atom. The number of fused-ring (bicyclic) bond motifs is 1. The Kier molecular flexibility index (Phi) is 7.95. The van der Waals surface area contributed by atoms with E-state index in [0.717, 1.165) is 93.0 Å². The summed E-state index contributed by atoms with van der Waals surface area (Å²) in [6.07, 6.45) is 3.86. The van der Waals surface area contributed by atoms with Crippen LogP contribution in [0.15, 0.2) is 60.8 Å². The Bertz CT molecular complexity index is 1400. The van der Waals surface area contributed by atoms with Crippen LogP contribution in [0.4, 0.5) is 16.0 Å². The third-order valence-electron chi connectivity index (χ3n) is 7.36. The summed E-state index contributed by atoms with van der Waals surface area (Å²) in [7, 11) is 1.39. The van der Waals surface area contributed by atoms with Gasteiger partial charge in [0.1, 0.15) is 23.1 Å². The molecular formula is C27H29FIN7OS. The average molecular weight is 646 g/mol. The van der Waals surface area contributed by atoms with Crippen molar-refractivity contribution in [3.8, 4) is 11.4 Å². The number of hydrogen-bond acceptors (Lipinski definition) is 8. The van der Waals surface area contributed by atoms with Crippen LogP contribution in [-0.2, 0) is 4.18 Å². The lowest BCUT2D eigenvalue weighted by molar-refractivity contribution is 0.216. The highest BCUT2D eigenvalue weighted by molar-refractivity contribution is 14.2. The molecule has 0 amide bonds. The van der Waals surface area contributed by atoms with Crippen LogP contribution >= 0.6 is 30.4 Å². The van der Waals surface area contributed by atoms with Gasteiger partial charge in [-0.1, -0.05) is 18.2 Å². The maximum absolute atomic E-state index is 13.9. The summed E-state index contributed by atoms with van der Waals surface area (Å²) in [6, 6.07) is 17.2. The fourth-order valence-electron chi connectivity index (χ4n) is 5.43. The molecule has 0 spiro atoms. The van der Waals surface area contributed by atoms with Gasteiger partial charge in [-0.05, 0) is 54.8 Å². The molecule has 38 heavy (non-hydrogen) atoms. The van der Waals surface area contributed by atoms with Gasteiger partial charge in [0.05, 0.1) is 33.8 Å². The molecule has 5 heterocycles. The molecule has 11 heteroatoms. The average Bonchev–Trinajstić information content (AvgIpc) is 3.61. The van der Waals surface area contributed by atoms with E-state index in [4.69, 9.17) is 14.3 Å². The molecule has 3 aromatic heterocycles. The third kappa shape index (κ3) is 5.47. The Morgan fingerprint density at radius 1 is 1.00 bits per heavy atom. The van der Waals surface area contributed by atoms with Gasteiger partial charge in [-0.2, -0.15) is 0 Å². The van der Waals surface area contributed by atoms with Crippen LogP contribution in [0.25, 0.3) is 17.0 Å². The van der Waals surface area contributed by atoms with Crippen molar-refractivity contribution >= 4 is 47.7 Å². The molecule has 2 aliphatic rings. The second kappa shape index (κ2) is 11.7. The summed E-state index contributed by atoms with van der Waals surface area (Å²) in [6.45, 7) is 6.41. The SMILES string of the molecule is Fc1cccc([C@H]2CCCN2c2ccc3ncc(-c4cccc(N5CCN(CCOSI)CC5)n4)n3n2)c1. The minimum absolute atomic E-state index is 0.106. The summed E-state index contributed by atoms with van der Waals surface area (Å²) >= 11 is 2.15. The molecule has 8 nitrogen and oxygen atoms in total. The number of halogens is 2. The molecule has 2 saturated heterocycles. The van der Waals surface area contributed by atoms with Crippen LogP contribution in [-0.4, -0.2) is 70.4 Å². The number of anilines is 2. The van der Waals surface area contributed by atoms with Crippen molar-refractivity contribution in [1.29, 1.82) is 0 Å². The zero-order chi connectivity index (χ0) is 25.9. The first-order valence-electron chi connectivity index (χ1n) is 12.9. The molecule has 1 atom stereocenters. The smallest absolute Gasteiger partial charge is 0.154 e. The molecule has 198 valence electrons. The Hall–Kier alpha value is -2.48. The van der Waals surface area contributed by atoms with Crippen molar-refractivity contribution in [3.05, 3.63) is 72.2 Å². The second-order valence-electron chi connectivity index (χ2n) is 9.61. The fourth-order valence-corrected chi connectivity index (χ4v) is 6.11. The highest BCUT2D eigenvalue weighted by Gasteiger charge is 2.28. The van der Waals surface area contributed by atoms with Gasteiger partial charge < -0.3 is 14.0 Å². The number of piperazine rings is 1. The highest BCUT2D eigenvalue weighted by atomic mass is 127. The number of rotatable bonds is 8. The maximum Gasteiger partial charge on any atom is 0.154 e. The van der Waals surface area contributed by atoms with E-state index in [1.165, 1.54) is 15.3 Å². The van der Waals surface area contributed by atoms with Crippen molar-refractivity contribution in [2.45, 2.75) is 18.9 Å². The minimum atomic E-state index is -0.202. The molecule has 1 aromatic carbocycles. The van der Waals surface area contributed by atoms with Gasteiger partial charge in [0, 0.05) is 60.5 Å². The number of aromatic nitrogens is 4. The maximum atomic E-state index is 13.9. The van der Waals surface area contributed by atoms with Gasteiger partial charge in [-0.15, -0.1) is 5.10 Å². The van der Waals surface area contributed by atoms with E-state index in [-0.39, 0.29) is 11.9 Å². The molecule has 0 radical (unpaired) electrons. The lowest BCUT2D eigenvalue weighted by atomic mass is 10.0. The Balaban J connectivity index is 1.23. The number of imidazole rings is 1. The Morgan fingerprint density at radius 2 is 1.87 bits per heavy atom. The predicted molar refractivity (Wildman–Crippen MR) is 158 cm³/mol. The van der Waals surface area contributed by atoms with Crippen LogP contribution in [0, 0.1) is 5.82 Å². The van der Waals surface area contributed by atoms with Crippen LogP contribution in [0.3, 0.4) is 0 Å². The number of nitrogens with zero attached hydrogens (tertiary/aromatic N) is 7. The number of benzene rings is 1. The van der Waals surface area contributed by atoms with Crippen LogP contribution in [0.5, 0.6) is 0 Å². The van der Waals surface area contributed by atoms with Gasteiger partial charge in [-0.3, -0.25) is 4.90 Å². The van der Waals surface area contributed by atoms with Crippen molar-refractivity contribution in [2.24, 2.45) is 0 Å². The molecule has 0 bridgehead atoms. The van der Waals surface area contributed by atoms with Crippen molar-refractivity contribution in [3.63, 3.8) is 0 Å². The van der Waals surface area contributed by atoms with E-state index in [1.54, 1.807) is 12.1 Å². The minimum Gasteiger partial charge on any atom is -0.354 e. The van der Waals surface area contributed by atoms with E-state index in [0.29, 0.717) is 0 Å². The predicted octanol–water partition coefficient (Wildman–Crippen LogP) is 5.41. The zero-order valence-electron chi connectivity index (χ0n) is 20.9. The van der Waals surface area contributed by atoms with Crippen molar-refractivity contribution in [2.75, 3.05) is 55.7 Å². The van der Waals surface area contributed by atoms with E-state index in [1.807, 2.05) is 35.0 Å². The van der Waals surface area contributed by atoms with Crippen LogP contribution in [0.2, 0.25) is 0 Å². The molecule has 0 saturated carbocycles. The van der Waals surface area contributed by atoms with E-state index < -0.39 is 0 Å². The van der Waals surface area contributed by atoms with Crippen molar-refractivity contribution < 1.29 is 8.57 Å². The summed E-state index contributed by atoms with van der Waals surface area (Å²) in [5.41, 5.74) is 3.47. The van der Waals surface area contributed by atoms with E-state index >= 15 is 0 Å². The fraction of sp³-hybridized carbons (Fsp3) is 0.370. The molecular weight excluding hydrogens is 616 g/mol. The molecule has 4 aromatic rings. The number of pyridine rings is 1. The van der Waals surface area contributed by atoms with Gasteiger partial charge in [-0.25, -0.2) is 18.9 Å². The normalized spacial score (nSPS) is 18.5. The van der Waals surface area contributed by atoms with Crippen molar-refractivity contribution in [1.82, 2.24) is 24.5 Å². The Labute approximate surface area is 238 Å². The third-order valence-corrected chi connectivity index (χ3v) is 8.38. The standard InChI is InChI=1S/C27H29FIN7OS/c28-21-5-1-4-20(18-21)23-7-3-11-35(23)27-10-9-25-30-19-24(36(25)32-27)22-6-2-8-26(31-22)34-14-12-33(13-15-34)16-17-37-38-29/h1-2,4-6,8-10,18-19,23H,3,7,11-17H2/t23-/m1/s1. The summed E-state index contributed by atoms with van der Waals surface area (Å²) in [5.74, 6) is 1.63. The lowest BCUT2D eigenvalue weighted by Crippen LogP contribution is -2.47. The largest absolute Gasteiger partial charge is 0.354 e. The zero-order valence-corrected chi connectivity index (χ0v) is 23.9. The first kappa shape index (κ1) is 25.8. The molecule has 0 aliphatic carbocycles. The lowest BCUT2D eigenvalue weighted by Gasteiger charge is -2.35. The van der Waals surface area contributed by atoms with Gasteiger partial charge in [0.15, 0.2) is 5.65 Å². The molecule has 2 aliphatic heterocycles. The monoisotopic (exact) mass is 645 g/mol. The van der Waals surface area contributed by atoms with Gasteiger partial charge >= 0.3 is 0 Å². The first-order chi connectivity index (χ1) is 18.7. The summed E-state index contributed by atoms with van der Waals surface area (Å²) in [5, 5.41) is 4.99. The molecule has 2 fully saturated rings. The van der Waals surface area contributed by atoms with Crippen LogP contribution in [0.1, 0.15) is 24.4 Å².